The Morgan fingerprint density at radius 1 is 1.21 bits per heavy atom. The topological polar surface area (TPSA) is 69.2 Å². The molecule has 1 saturated heterocycles. The summed E-state index contributed by atoms with van der Waals surface area (Å²) in [6.07, 6.45) is 1.74. The second-order valence-electron chi connectivity index (χ2n) is 5.76. The van der Waals surface area contributed by atoms with Crippen LogP contribution in [0.3, 0.4) is 0 Å². The lowest BCUT2D eigenvalue weighted by atomic mass is 10.1. The number of amidine groups is 1. The van der Waals surface area contributed by atoms with Crippen LogP contribution in [-0.4, -0.2) is 24.5 Å². The summed E-state index contributed by atoms with van der Waals surface area (Å²) in [7, 11) is 0. The summed E-state index contributed by atoms with van der Waals surface area (Å²) >= 11 is 13.2. The normalized spacial score (nSPS) is 18.0. The summed E-state index contributed by atoms with van der Waals surface area (Å²) in [5.74, 6) is 1.60. The summed E-state index contributed by atoms with van der Waals surface area (Å²) in [6, 6.07) is 8.57. The van der Waals surface area contributed by atoms with Gasteiger partial charge < -0.3 is 19.5 Å². The first-order chi connectivity index (χ1) is 13.5. The zero-order valence-corrected chi connectivity index (χ0v) is 17.0. The number of ether oxygens (including phenoxy) is 3. The second-order valence-corrected chi connectivity index (χ2v) is 7.60. The van der Waals surface area contributed by atoms with Crippen LogP contribution in [0.1, 0.15) is 12.5 Å². The molecule has 144 valence electrons. The van der Waals surface area contributed by atoms with E-state index in [9.17, 15) is 4.79 Å². The van der Waals surface area contributed by atoms with Gasteiger partial charge in [0.15, 0.2) is 16.7 Å². The van der Waals surface area contributed by atoms with Crippen molar-refractivity contribution in [1.82, 2.24) is 5.32 Å². The molecule has 1 fully saturated rings. The monoisotopic (exact) mass is 436 g/mol. The molecule has 0 aliphatic carbocycles. The molecular weight excluding hydrogens is 423 g/mol. The highest BCUT2D eigenvalue weighted by Gasteiger charge is 2.25. The number of rotatable bonds is 4. The Kier molecular flexibility index (Phi) is 5.39. The molecule has 0 saturated carbocycles. The number of hydrogen-bond acceptors (Lipinski definition) is 6. The molecule has 0 bridgehead atoms. The maximum Gasteiger partial charge on any atom is 0.264 e. The van der Waals surface area contributed by atoms with E-state index in [2.05, 4.69) is 10.3 Å². The Balaban J connectivity index is 1.63. The molecule has 0 unspecified atom stereocenters. The molecule has 0 radical (unpaired) electrons. The van der Waals surface area contributed by atoms with Gasteiger partial charge in [-0.05, 0) is 49.0 Å². The zero-order valence-electron chi connectivity index (χ0n) is 14.6. The van der Waals surface area contributed by atoms with Gasteiger partial charge in [0.2, 0.25) is 6.79 Å². The van der Waals surface area contributed by atoms with Crippen LogP contribution in [0.5, 0.6) is 17.2 Å². The van der Waals surface area contributed by atoms with Crippen LogP contribution in [-0.2, 0) is 4.79 Å². The smallest absolute Gasteiger partial charge is 0.264 e. The molecule has 0 aromatic heterocycles. The highest BCUT2D eigenvalue weighted by molar-refractivity contribution is 8.18. The van der Waals surface area contributed by atoms with Gasteiger partial charge in [0.1, 0.15) is 5.75 Å². The number of hydrogen-bond donors (Lipinski definition) is 1. The van der Waals surface area contributed by atoms with E-state index in [1.807, 2.05) is 6.92 Å². The van der Waals surface area contributed by atoms with Gasteiger partial charge in [-0.25, -0.2) is 4.99 Å². The third kappa shape index (κ3) is 3.92. The number of aliphatic imine (C=N–C) groups is 1. The number of carbonyl (C=O) groups excluding carboxylic acids is 1. The van der Waals surface area contributed by atoms with E-state index < -0.39 is 0 Å². The van der Waals surface area contributed by atoms with Gasteiger partial charge in [-0.3, -0.25) is 4.79 Å². The molecule has 9 heteroatoms. The molecule has 28 heavy (non-hydrogen) atoms. The Labute approximate surface area is 175 Å². The zero-order chi connectivity index (χ0) is 19.7. The number of nitrogens with one attached hydrogen (secondary N) is 1. The van der Waals surface area contributed by atoms with Crippen molar-refractivity contribution >= 4 is 57.8 Å². The first kappa shape index (κ1) is 19.0. The largest absolute Gasteiger partial charge is 0.493 e. The minimum absolute atomic E-state index is 0.163. The maximum atomic E-state index is 12.4. The summed E-state index contributed by atoms with van der Waals surface area (Å²) in [4.78, 5) is 17.3. The van der Waals surface area contributed by atoms with Gasteiger partial charge in [-0.2, -0.15) is 0 Å². The van der Waals surface area contributed by atoms with Crippen LogP contribution in [0.4, 0.5) is 5.69 Å². The Morgan fingerprint density at radius 3 is 2.75 bits per heavy atom. The molecule has 1 amide bonds. The van der Waals surface area contributed by atoms with Crippen molar-refractivity contribution in [2.45, 2.75) is 6.92 Å². The van der Waals surface area contributed by atoms with Gasteiger partial charge in [-0.15, -0.1) is 0 Å². The van der Waals surface area contributed by atoms with Crippen LogP contribution in [0.25, 0.3) is 6.08 Å². The highest BCUT2D eigenvalue weighted by atomic mass is 35.5. The van der Waals surface area contributed by atoms with E-state index in [0.29, 0.717) is 49.7 Å². The molecule has 2 aromatic carbocycles. The van der Waals surface area contributed by atoms with Crippen molar-refractivity contribution in [2.24, 2.45) is 4.99 Å². The average Bonchev–Trinajstić information content (AvgIpc) is 3.25. The van der Waals surface area contributed by atoms with Crippen molar-refractivity contribution in [3.05, 3.63) is 50.8 Å². The molecule has 2 aliphatic rings. The van der Waals surface area contributed by atoms with Crippen LogP contribution in [0.15, 0.2) is 40.2 Å². The Morgan fingerprint density at radius 2 is 2.00 bits per heavy atom. The summed E-state index contributed by atoms with van der Waals surface area (Å²) < 4.78 is 16.5. The van der Waals surface area contributed by atoms with Crippen molar-refractivity contribution in [2.75, 3.05) is 13.4 Å². The van der Waals surface area contributed by atoms with Gasteiger partial charge >= 0.3 is 0 Å². The fraction of sp³-hybridized carbons (Fsp3) is 0.158. The molecule has 1 N–H and O–H groups in total. The minimum Gasteiger partial charge on any atom is -0.493 e. The summed E-state index contributed by atoms with van der Waals surface area (Å²) in [6.45, 7) is 2.54. The van der Waals surface area contributed by atoms with Gasteiger partial charge in [0.05, 0.1) is 27.2 Å². The maximum absolute atomic E-state index is 12.4. The number of halogens is 2. The summed E-state index contributed by atoms with van der Waals surface area (Å²) in [5, 5.41) is 4.04. The first-order valence-corrected chi connectivity index (χ1v) is 9.92. The third-order valence-corrected chi connectivity index (χ3v) is 5.53. The molecule has 0 spiro atoms. The predicted octanol–water partition coefficient (Wildman–Crippen LogP) is 5.01. The quantitative estimate of drug-likeness (QED) is 0.681. The third-order valence-electron chi connectivity index (χ3n) is 3.88. The van der Waals surface area contributed by atoms with Gasteiger partial charge in [0, 0.05) is 11.6 Å². The van der Waals surface area contributed by atoms with E-state index in [1.165, 1.54) is 11.8 Å². The number of fused-ring (bicyclic) bond motifs is 1. The van der Waals surface area contributed by atoms with E-state index in [4.69, 9.17) is 37.4 Å². The van der Waals surface area contributed by atoms with Crippen LogP contribution in [0, 0.1) is 0 Å². The first-order valence-electron chi connectivity index (χ1n) is 8.34. The van der Waals surface area contributed by atoms with Crippen LogP contribution < -0.4 is 19.5 Å². The number of nitrogens with zero attached hydrogens (tertiary/aromatic N) is 1. The molecular formula is C19H14Cl2N2O4S. The van der Waals surface area contributed by atoms with Gasteiger partial charge in [-0.1, -0.05) is 23.2 Å². The highest BCUT2D eigenvalue weighted by Crippen LogP contribution is 2.40. The van der Waals surface area contributed by atoms with Crippen LogP contribution >= 0.6 is 35.0 Å². The number of thioether (sulfide) groups is 1. The average molecular weight is 437 g/mol. The van der Waals surface area contributed by atoms with Crippen molar-refractivity contribution in [1.29, 1.82) is 0 Å². The fourth-order valence-electron chi connectivity index (χ4n) is 2.63. The van der Waals surface area contributed by atoms with Gasteiger partial charge in [0.25, 0.3) is 5.91 Å². The van der Waals surface area contributed by atoms with Crippen molar-refractivity contribution in [3.8, 4) is 17.2 Å². The Hall–Kier alpha value is -2.35. The van der Waals surface area contributed by atoms with Crippen molar-refractivity contribution < 1.29 is 19.0 Å². The second kappa shape index (κ2) is 7.95. The van der Waals surface area contributed by atoms with Crippen molar-refractivity contribution in [3.63, 3.8) is 0 Å². The van der Waals surface area contributed by atoms with E-state index >= 15 is 0 Å². The standard InChI is InChI=1S/C19H14Cl2N2O4S/c1-2-25-14-8-16-15(26-9-27-16)5-10(14)6-17-18(24)23-19(28-17)22-11-3-4-12(20)13(21)7-11/h3-8H,2,9H2,1H3,(H,22,23,24)/b17-6+. The lowest BCUT2D eigenvalue weighted by molar-refractivity contribution is -0.115. The molecule has 2 aromatic rings. The lowest BCUT2D eigenvalue weighted by Crippen LogP contribution is -2.19. The molecule has 2 heterocycles. The molecule has 4 rings (SSSR count). The number of carbonyl (C=O) groups is 1. The van der Waals surface area contributed by atoms with E-state index in [-0.39, 0.29) is 12.7 Å². The summed E-state index contributed by atoms with van der Waals surface area (Å²) in [5.41, 5.74) is 1.32. The van der Waals surface area contributed by atoms with Crippen LogP contribution in [0.2, 0.25) is 10.0 Å². The Bertz CT molecular complexity index is 1020. The molecule has 6 nitrogen and oxygen atoms in total. The predicted molar refractivity (Wildman–Crippen MR) is 111 cm³/mol. The molecule has 2 aliphatic heterocycles. The number of amides is 1. The van der Waals surface area contributed by atoms with E-state index in [0.717, 1.165) is 5.56 Å². The lowest BCUT2D eigenvalue weighted by Gasteiger charge is -2.09. The minimum atomic E-state index is -0.246. The van der Waals surface area contributed by atoms with E-state index in [1.54, 1.807) is 36.4 Å². The SMILES string of the molecule is CCOc1cc2c(cc1/C=C1/SC(=Nc3ccc(Cl)c(Cl)c3)NC1=O)OCO2. The molecule has 0 atom stereocenters. The number of benzene rings is 2. The fourth-order valence-corrected chi connectivity index (χ4v) is 3.75.